The maximum Gasteiger partial charge on any atom is 0.274 e. The average molecular weight is 332 g/mol. The molecule has 128 valence electrons. The maximum absolute atomic E-state index is 12.7. The Hall–Kier alpha value is -2.55. The smallest absolute Gasteiger partial charge is 0.274 e. The summed E-state index contributed by atoms with van der Waals surface area (Å²) in [5.74, 6) is -0.175. The number of aromatic nitrogens is 5. The van der Waals surface area contributed by atoms with Gasteiger partial charge in [0.1, 0.15) is 18.3 Å². The normalized spacial score (nSPS) is 17.9. The Morgan fingerprint density at radius 1 is 1.42 bits per heavy atom. The zero-order valence-corrected chi connectivity index (χ0v) is 13.5. The quantitative estimate of drug-likeness (QED) is 0.762. The highest BCUT2D eigenvalue weighted by Gasteiger charge is 2.27. The predicted molar refractivity (Wildman–Crippen MR) is 84.6 cm³/mol. The highest BCUT2D eigenvalue weighted by atomic mass is 16.5. The van der Waals surface area contributed by atoms with Gasteiger partial charge in [-0.1, -0.05) is 0 Å². The molecule has 24 heavy (non-hydrogen) atoms. The molecule has 1 amide bonds. The minimum atomic E-state index is -0.247. The van der Waals surface area contributed by atoms with Gasteiger partial charge < -0.3 is 9.64 Å². The van der Waals surface area contributed by atoms with Crippen LogP contribution in [-0.2, 0) is 11.3 Å². The van der Waals surface area contributed by atoms with Crippen molar-refractivity contribution in [2.24, 2.45) is 0 Å². The Bertz CT molecular complexity index is 742. The number of rotatable bonds is 5. The van der Waals surface area contributed by atoms with Crippen molar-refractivity contribution in [3.63, 3.8) is 0 Å². The van der Waals surface area contributed by atoms with E-state index in [1.54, 1.807) is 23.0 Å². The van der Waals surface area contributed by atoms with Crippen molar-refractivity contribution in [1.29, 1.82) is 0 Å². The fourth-order valence-electron chi connectivity index (χ4n) is 2.82. The number of carbonyl (C=O) groups is 1. The summed E-state index contributed by atoms with van der Waals surface area (Å²) < 4.78 is 8.01. The molecule has 0 bridgehead atoms. The molecular formula is C15H20N6O3. The van der Waals surface area contributed by atoms with Crippen LogP contribution in [0.25, 0.3) is 0 Å². The molecule has 0 radical (unpaired) electrons. The maximum atomic E-state index is 12.7. The zero-order chi connectivity index (χ0) is 16.9. The summed E-state index contributed by atoms with van der Waals surface area (Å²) in [6.45, 7) is 1.91. The van der Waals surface area contributed by atoms with Gasteiger partial charge in [-0.15, -0.1) is 0 Å². The Kier molecular flexibility index (Phi) is 4.99. The third kappa shape index (κ3) is 3.51. The third-order valence-corrected chi connectivity index (χ3v) is 4.09. The van der Waals surface area contributed by atoms with Crippen LogP contribution in [0.1, 0.15) is 29.4 Å². The molecule has 3 rings (SSSR count). The van der Waals surface area contributed by atoms with Crippen molar-refractivity contribution in [3.05, 3.63) is 40.8 Å². The van der Waals surface area contributed by atoms with E-state index >= 15 is 0 Å². The molecule has 2 aromatic heterocycles. The van der Waals surface area contributed by atoms with Crippen LogP contribution < -0.4 is 5.56 Å². The summed E-state index contributed by atoms with van der Waals surface area (Å²) in [4.78, 5) is 30.2. The van der Waals surface area contributed by atoms with Crippen molar-refractivity contribution < 1.29 is 9.53 Å². The van der Waals surface area contributed by atoms with Crippen LogP contribution in [0.15, 0.2) is 29.6 Å². The molecule has 9 heteroatoms. The highest BCUT2D eigenvalue weighted by molar-refractivity contribution is 5.92. The van der Waals surface area contributed by atoms with E-state index in [-0.39, 0.29) is 23.2 Å². The molecule has 0 spiro atoms. The molecular weight excluding hydrogens is 312 g/mol. The van der Waals surface area contributed by atoms with Gasteiger partial charge in [0.25, 0.3) is 11.5 Å². The van der Waals surface area contributed by atoms with E-state index in [9.17, 15) is 9.59 Å². The summed E-state index contributed by atoms with van der Waals surface area (Å²) >= 11 is 0. The number of carbonyl (C=O) groups excluding carboxylic acids is 1. The summed E-state index contributed by atoms with van der Waals surface area (Å²) in [5.41, 5.74) is 0.0210. The Labute approximate surface area is 138 Å². The van der Waals surface area contributed by atoms with Crippen LogP contribution >= 0.6 is 0 Å². The first-order valence-electron chi connectivity index (χ1n) is 7.89. The van der Waals surface area contributed by atoms with Crippen molar-refractivity contribution in [2.45, 2.75) is 25.4 Å². The lowest BCUT2D eigenvalue weighted by molar-refractivity contribution is 0.0663. The van der Waals surface area contributed by atoms with Crippen molar-refractivity contribution in [3.8, 4) is 0 Å². The van der Waals surface area contributed by atoms with Gasteiger partial charge >= 0.3 is 0 Å². The standard InChI is InChI=1S/C15H20N6O3/c1-24-8-7-20-14(22)5-4-13(18-20)15(23)19-6-2-3-12(9-19)21-11-16-10-17-21/h4-5,10-12H,2-3,6-9H2,1H3. The summed E-state index contributed by atoms with van der Waals surface area (Å²) in [6.07, 6.45) is 5.00. The zero-order valence-electron chi connectivity index (χ0n) is 13.5. The molecule has 0 aromatic carbocycles. The van der Waals surface area contributed by atoms with Crippen LogP contribution in [0.4, 0.5) is 0 Å². The number of piperidine rings is 1. The number of nitrogens with zero attached hydrogens (tertiary/aromatic N) is 6. The first-order chi connectivity index (χ1) is 11.7. The van der Waals surface area contributed by atoms with Gasteiger partial charge in [-0.2, -0.15) is 10.2 Å². The van der Waals surface area contributed by atoms with Crippen molar-refractivity contribution in [2.75, 3.05) is 26.8 Å². The monoisotopic (exact) mass is 332 g/mol. The molecule has 0 saturated carbocycles. The lowest BCUT2D eigenvalue weighted by Crippen LogP contribution is -2.42. The second-order valence-electron chi connectivity index (χ2n) is 5.70. The second-order valence-corrected chi connectivity index (χ2v) is 5.70. The predicted octanol–water partition coefficient (Wildman–Crippen LogP) is -0.0415. The van der Waals surface area contributed by atoms with Gasteiger partial charge in [0.05, 0.1) is 19.2 Å². The van der Waals surface area contributed by atoms with Crippen molar-refractivity contribution >= 4 is 5.91 Å². The van der Waals surface area contributed by atoms with E-state index in [1.807, 2.05) is 0 Å². The van der Waals surface area contributed by atoms with Crippen LogP contribution in [0, 0.1) is 0 Å². The summed E-state index contributed by atoms with van der Waals surface area (Å²) in [6, 6.07) is 2.96. The van der Waals surface area contributed by atoms with E-state index in [1.165, 1.54) is 23.1 Å². The largest absolute Gasteiger partial charge is 0.383 e. The first-order valence-corrected chi connectivity index (χ1v) is 7.89. The summed E-state index contributed by atoms with van der Waals surface area (Å²) in [7, 11) is 1.55. The van der Waals surface area contributed by atoms with Crippen LogP contribution in [0.5, 0.6) is 0 Å². The van der Waals surface area contributed by atoms with Gasteiger partial charge in [0, 0.05) is 26.3 Å². The SMILES string of the molecule is COCCn1nc(C(=O)N2CCCC(n3cncn3)C2)ccc1=O. The van der Waals surface area contributed by atoms with Crippen LogP contribution in [-0.4, -0.2) is 62.2 Å². The molecule has 3 heterocycles. The Balaban J connectivity index is 1.74. The van der Waals surface area contributed by atoms with Crippen molar-refractivity contribution in [1.82, 2.24) is 29.4 Å². The van der Waals surface area contributed by atoms with E-state index in [0.29, 0.717) is 26.2 Å². The average Bonchev–Trinajstić information content (AvgIpc) is 3.15. The van der Waals surface area contributed by atoms with Crippen LogP contribution in [0.2, 0.25) is 0 Å². The molecule has 1 saturated heterocycles. The van der Waals surface area contributed by atoms with E-state index in [0.717, 1.165) is 12.8 Å². The van der Waals surface area contributed by atoms with Gasteiger partial charge in [-0.25, -0.2) is 14.3 Å². The fourth-order valence-corrected chi connectivity index (χ4v) is 2.82. The number of ether oxygens (including phenoxy) is 1. The minimum Gasteiger partial charge on any atom is -0.383 e. The summed E-state index contributed by atoms with van der Waals surface area (Å²) in [5, 5.41) is 8.33. The van der Waals surface area contributed by atoms with Gasteiger partial charge in [0.2, 0.25) is 0 Å². The molecule has 1 atom stereocenters. The van der Waals surface area contributed by atoms with Gasteiger partial charge in [0.15, 0.2) is 0 Å². The topological polar surface area (TPSA) is 95.1 Å². The first kappa shape index (κ1) is 16.3. The number of likely N-dealkylation sites (tertiary alicyclic amines) is 1. The molecule has 9 nitrogen and oxygen atoms in total. The van der Waals surface area contributed by atoms with E-state index in [4.69, 9.17) is 4.74 Å². The third-order valence-electron chi connectivity index (χ3n) is 4.09. The highest BCUT2D eigenvalue weighted by Crippen LogP contribution is 2.21. The minimum absolute atomic E-state index is 0.115. The number of hydrogen-bond acceptors (Lipinski definition) is 6. The lowest BCUT2D eigenvalue weighted by atomic mass is 10.1. The molecule has 0 N–H and O–H groups in total. The molecule has 1 aliphatic rings. The number of methoxy groups -OCH3 is 1. The van der Waals surface area contributed by atoms with Crippen LogP contribution in [0.3, 0.4) is 0 Å². The lowest BCUT2D eigenvalue weighted by Gasteiger charge is -2.32. The fraction of sp³-hybridized carbons (Fsp3) is 0.533. The molecule has 1 fully saturated rings. The Morgan fingerprint density at radius 2 is 2.29 bits per heavy atom. The van der Waals surface area contributed by atoms with E-state index < -0.39 is 0 Å². The molecule has 0 aliphatic carbocycles. The van der Waals surface area contributed by atoms with E-state index in [2.05, 4.69) is 15.2 Å². The van der Waals surface area contributed by atoms with Gasteiger partial charge in [-0.05, 0) is 18.9 Å². The number of amides is 1. The molecule has 2 aromatic rings. The molecule has 1 aliphatic heterocycles. The Morgan fingerprint density at radius 3 is 3.04 bits per heavy atom. The van der Waals surface area contributed by atoms with Gasteiger partial charge in [-0.3, -0.25) is 9.59 Å². The molecule has 1 unspecified atom stereocenters. The number of hydrogen-bond donors (Lipinski definition) is 0. The second kappa shape index (κ2) is 7.35.